The number of benzene rings is 1. The Morgan fingerprint density at radius 3 is 2.69 bits per heavy atom. The van der Waals surface area contributed by atoms with Gasteiger partial charge in [-0.25, -0.2) is 0 Å². The average Bonchev–Trinajstić information content (AvgIpc) is 2.16. The lowest BCUT2D eigenvalue weighted by Crippen LogP contribution is -2.19. The molecule has 1 aromatic carbocycles. The summed E-state index contributed by atoms with van der Waals surface area (Å²) >= 11 is 3.30. The molecule has 1 aromatic rings. The second-order valence-corrected chi connectivity index (χ2v) is 4.06. The normalized spacial score (nSPS) is 11.6. The molecule has 1 rings (SSSR count). The minimum atomic E-state index is -4.56. The highest BCUT2D eigenvalue weighted by Gasteiger charge is 2.28. The van der Waals surface area contributed by atoms with Crippen LogP contribution < -0.4 is 5.32 Å². The Kier molecular flexibility index (Phi) is 4.61. The molecule has 0 aliphatic carbocycles. The highest BCUT2D eigenvalue weighted by atomic mass is 79.9. The molecule has 0 heterocycles. The molecular formula is C10H11BrF3NO. The van der Waals surface area contributed by atoms with E-state index >= 15 is 0 Å². The first-order valence-electron chi connectivity index (χ1n) is 4.59. The van der Waals surface area contributed by atoms with Gasteiger partial charge in [0.2, 0.25) is 0 Å². The topological polar surface area (TPSA) is 21.3 Å². The standard InChI is InChI=1S/C10H11BrF3NO/c1-7-2-3-8(11)9(6-7)15-4-5-16-10(12,13)14/h2-3,6,15H,4-5H2,1H3. The van der Waals surface area contributed by atoms with Crippen LogP contribution in [-0.2, 0) is 4.74 Å². The first-order chi connectivity index (χ1) is 7.38. The van der Waals surface area contributed by atoms with E-state index in [1.165, 1.54) is 0 Å². The van der Waals surface area contributed by atoms with Crippen LogP contribution in [0.15, 0.2) is 22.7 Å². The van der Waals surface area contributed by atoms with Gasteiger partial charge in [-0.2, -0.15) is 0 Å². The van der Waals surface area contributed by atoms with Gasteiger partial charge in [-0.05, 0) is 40.5 Å². The number of aryl methyl sites for hydroxylation is 1. The number of rotatable bonds is 4. The van der Waals surface area contributed by atoms with Gasteiger partial charge in [0.15, 0.2) is 0 Å². The first kappa shape index (κ1) is 13.3. The second kappa shape index (κ2) is 5.54. The fourth-order valence-electron chi connectivity index (χ4n) is 1.13. The molecule has 1 N–H and O–H groups in total. The molecule has 0 radical (unpaired) electrons. The second-order valence-electron chi connectivity index (χ2n) is 3.20. The minimum Gasteiger partial charge on any atom is -0.382 e. The molecule has 0 aromatic heterocycles. The van der Waals surface area contributed by atoms with E-state index in [9.17, 15) is 13.2 Å². The van der Waals surface area contributed by atoms with Gasteiger partial charge in [-0.1, -0.05) is 6.07 Å². The van der Waals surface area contributed by atoms with Gasteiger partial charge in [0.25, 0.3) is 0 Å². The lowest BCUT2D eigenvalue weighted by Gasteiger charge is -2.11. The zero-order valence-corrected chi connectivity index (χ0v) is 10.2. The van der Waals surface area contributed by atoms with E-state index in [2.05, 4.69) is 26.0 Å². The zero-order valence-electron chi connectivity index (χ0n) is 8.57. The van der Waals surface area contributed by atoms with E-state index < -0.39 is 13.0 Å². The van der Waals surface area contributed by atoms with Gasteiger partial charge in [0.1, 0.15) is 0 Å². The summed E-state index contributed by atoms with van der Waals surface area (Å²) in [5.41, 5.74) is 1.79. The molecule has 0 aliphatic heterocycles. The molecule has 0 amide bonds. The lowest BCUT2D eigenvalue weighted by molar-refractivity contribution is -0.322. The Labute approximate surface area is 99.9 Å². The van der Waals surface area contributed by atoms with Gasteiger partial charge in [-0.3, -0.25) is 4.74 Å². The molecule has 16 heavy (non-hydrogen) atoms. The van der Waals surface area contributed by atoms with Crippen molar-refractivity contribution < 1.29 is 17.9 Å². The van der Waals surface area contributed by atoms with E-state index in [0.29, 0.717) is 0 Å². The van der Waals surface area contributed by atoms with Crippen LogP contribution in [0.4, 0.5) is 18.9 Å². The molecule has 90 valence electrons. The van der Waals surface area contributed by atoms with E-state index in [4.69, 9.17) is 0 Å². The largest absolute Gasteiger partial charge is 0.522 e. The molecule has 0 bridgehead atoms. The maximum atomic E-state index is 11.7. The number of hydrogen-bond donors (Lipinski definition) is 1. The van der Waals surface area contributed by atoms with Crippen LogP contribution >= 0.6 is 15.9 Å². The highest BCUT2D eigenvalue weighted by Crippen LogP contribution is 2.23. The monoisotopic (exact) mass is 297 g/mol. The quantitative estimate of drug-likeness (QED) is 0.856. The van der Waals surface area contributed by atoms with Crippen molar-refractivity contribution in [3.05, 3.63) is 28.2 Å². The van der Waals surface area contributed by atoms with Crippen molar-refractivity contribution in [2.24, 2.45) is 0 Å². The zero-order chi connectivity index (χ0) is 12.2. The molecule has 6 heteroatoms. The van der Waals surface area contributed by atoms with Crippen molar-refractivity contribution in [2.45, 2.75) is 13.3 Å². The fourth-order valence-corrected chi connectivity index (χ4v) is 1.51. The Morgan fingerprint density at radius 2 is 2.06 bits per heavy atom. The molecule has 0 saturated carbocycles. The summed E-state index contributed by atoms with van der Waals surface area (Å²) in [6.07, 6.45) is -4.56. The van der Waals surface area contributed by atoms with Crippen LogP contribution in [0.1, 0.15) is 5.56 Å². The van der Waals surface area contributed by atoms with E-state index in [-0.39, 0.29) is 6.54 Å². The summed E-state index contributed by atoms with van der Waals surface area (Å²) in [5.74, 6) is 0. The van der Waals surface area contributed by atoms with Crippen LogP contribution in [0.2, 0.25) is 0 Å². The smallest absolute Gasteiger partial charge is 0.382 e. The molecule has 2 nitrogen and oxygen atoms in total. The summed E-state index contributed by atoms with van der Waals surface area (Å²) in [6.45, 7) is 1.59. The van der Waals surface area contributed by atoms with E-state index in [0.717, 1.165) is 15.7 Å². The van der Waals surface area contributed by atoms with Crippen molar-refractivity contribution in [1.29, 1.82) is 0 Å². The average molecular weight is 298 g/mol. The van der Waals surface area contributed by atoms with Crippen molar-refractivity contribution in [1.82, 2.24) is 0 Å². The predicted molar refractivity (Wildman–Crippen MR) is 59.4 cm³/mol. The Hall–Kier alpha value is -0.750. The molecule has 0 aliphatic rings. The van der Waals surface area contributed by atoms with Crippen molar-refractivity contribution >= 4 is 21.6 Å². The van der Waals surface area contributed by atoms with Gasteiger partial charge in [0.05, 0.1) is 6.61 Å². The maximum Gasteiger partial charge on any atom is 0.522 e. The SMILES string of the molecule is Cc1ccc(Br)c(NCCOC(F)(F)F)c1. The lowest BCUT2D eigenvalue weighted by atomic mass is 10.2. The Bertz CT molecular complexity index is 354. The van der Waals surface area contributed by atoms with Gasteiger partial charge in [0, 0.05) is 16.7 Å². The van der Waals surface area contributed by atoms with Crippen LogP contribution in [0.5, 0.6) is 0 Å². The maximum absolute atomic E-state index is 11.7. The van der Waals surface area contributed by atoms with Crippen molar-refractivity contribution in [2.75, 3.05) is 18.5 Å². The number of halogens is 4. The Balaban J connectivity index is 2.40. The first-order valence-corrected chi connectivity index (χ1v) is 5.38. The fraction of sp³-hybridized carbons (Fsp3) is 0.400. The third-order valence-electron chi connectivity index (χ3n) is 1.81. The molecule has 0 fully saturated rings. The number of anilines is 1. The van der Waals surface area contributed by atoms with Crippen LogP contribution in [0, 0.1) is 6.92 Å². The van der Waals surface area contributed by atoms with Crippen molar-refractivity contribution in [3.8, 4) is 0 Å². The number of alkyl halides is 3. The summed E-state index contributed by atoms with van der Waals surface area (Å²) in [7, 11) is 0. The summed E-state index contributed by atoms with van der Waals surface area (Å²) in [6, 6.07) is 5.58. The van der Waals surface area contributed by atoms with Gasteiger partial charge in [-0.15, -0.1) is 13.2 Å². The molecular weight excluding hydrogens is 287 g/mol. The molecule has 0 unspecified atom stereocenters. The summed E-state index contributed by atoms with van der Waals surface area (Å²) in [5, 5.41) is 2.85. The third kappa shape index (κ3) is 4.85. The van der Waals surface area contributed by atoms with Gasteiger partial charge >= 0.3 is 6.36 Å². The molecule has 0 atom stereocenters. The van der Waals surface area contributed by atoms with Crippen LogP contribution in [0.3, 0.4) is 0 Å². The van der Waals surface area contributed by atoms with Crippen molar-refractivity contribution in [3.63, 3.8) is 0 Å². The molecule has 0 spiro atoms. The summed E-state index contributed by atoms with van der Waals surface area (Å²) < 4.78 is 39.5. The third-order valence-corrected chi connectivity index (χ3v) is 2.50. The summed E-state index contributed by atoms with van der Waals surface area (Å²) in [4.78, 5) is 0. The molecule has 0 saturated heterocycles. The van der Waals surface area contributed by atoms with Gasteiger partial charge < -0.3 is 5.32 Å². The number of ether oxygens (including phenoxy) is 1. The highest BCUT2D eigenvalue weighted by molar-refractivity contribution is 9.10. The minimum absolute atomic E-state index is 0.0988. The van der Waals surface area contributed by atoms with E-state index in [1.807, 2.05) is 25.1 Å². The number of nitrogens with one attached hydrogen (secondary N) is 1. The number of hydrogen-bond acceptors (Lipinski definition) is 2. The van der Waals surface area contributed by atoms with E-state index in [1.54, 1.807) is 0 Å². The van der Waals surface area contributed by atoms with Crippen LogP contribution in [-0.4, -0.2) is 19.5 Å². The predicted octanol–water partition coefficient (Wildman–Crippen LogP) is 3.71. The Morgan fingerprint density at radius 1 is 1.38 bits per heavy atom. The van der Waals surface area contributed by atoms with Crippen LogP contribution in [0.25, 0.3) is 0 Å².